The molecule has 0 heterocycles. The lowest BCUT2D eigenvalue weighted by Crippen LogP contribution is -2.36. The molecule has 3 rings (SSSR count). The minimum Gasteiger partial charge on any atom is -0.497 e. The van der Waals surface area contributed by atoms with Gasteiger partial charge in [0.05, 0.1) is 12.8 Å². The van der Waals surface area contributed by atoms with Crippen LogP contribution >= 0.6 is 0 Å². The van der Waals surface area contributed by atoms with Gasteiger partial charge >= 0.3 is 0 Å². The summed E-state index contributed by atoms with van der Waals surface area (Å²) in [6.07, 6.45) is 0. The van der Waals surface area contributed by atoms with E-state index in [1.165, 1.54) is 11.8 Å². The molecule has 0 unspecified atom stereocenters. The van der Waals surface area contributed by atoms with Crippen LogP contribution in [0.15, 0.2) is 78.9 Å². The largest absolute Gasteiger partial charge is 0.497 e. The van der Waals surface area contributed by atoms with E-state index >= 15 is 0 Å². The number of rotatable bonds is 7. The van der Waals surface area contributed by atoms with Crippen LogP contribution in [0, 0.1) is 0 Å². The normalized spacial score (nSPS) is 10.1. The number of nitrogens with zero attached hydrogens (tertiary/aromatic N) is 1. The van der Waals surface area contributed by atoms with E-state index in [4.69, 9.17) is 9.47 Å². The summed E-state index contributed by atoms with van der Waals surface area (Å²) in [6.45, 7) is 1.26. The molecular weight excluding hydrogens is 368 g/mol. The molecule has 0 aromatic heterocycles. The maximum absolute atomic E-state index is 12.6. The van der Waals surface area contributed by atoms with Crippen molar-refractivity contribution in [2.24, 2.45) is 0 Å². The number of anilines is 2. The minimum atomic E-state index is -0.331. The lowest BCUT2D eigenvalue weighted by molar-refractivity contribution is -0.120. The number of ether oxygens (including phenoxy) is 2. The van der Waals surface area contributed by atoms with Gasteiger partial charge in [-0.05, 0) is 36.4 Å². The molecule has 0 saturated carbocycles. The second kappa shape index (κ2) is 9.41. The Labute approximate surface area is 169 Å². The highest BCUT2D eigenvalue weighted by Gasteiger charge is 2.20. The quantitative estimate of drug-likeness (QED) is 0.646. The molecule has 6 nitrogen and oxygen atoms in total. The summed E-state index contributed by atoms with van der Waals surface area (Å²) in [5.74, 6) is 1.16. The molecule has 0 atom stereocenters. The monoisotopic (exact) mass is 390 g/mol. The third-order valence-electron chi connectivity index (χ3n) is 4.16. The molecule has 0 spiro atoms. The van der Waals surface area contributed by atoms with E-state index in [1.807, 2.05) is 36.4 Å². The molecule has 0 bridgehead atoms. The Bertz CT molecular complexity index is 989. The van der Waals surface area contributed by atoms with E-state index in [-0.39, 0.29) is 18.4 Å². The Kier molecular flexibility index (Phi) is 6.47. The molecule has 0 saturated heterocycles. The highest BCUT2D eigenvalue weighted by Crippen LogP contribution is 2.32. The summed E-state index contributed by atoms with van der Waals surface area (Å²) in [5, 5.41) is 2.79. The summed E-state index contributed by atoms with van der Waals surface area (Å²) in [4.78, 5) is 26.3. The van der Waals surface area contributed by atoms with Crippen LogP contribution in [-0.2, 0) is 9.59 Å². The minimum absolute atomic E-state index is 0.151. The first kappa shape index (κ1) is 19.9. The fraction of sp³-hybridized carbons (Fsp3) is 0.130. The van der Waals surface area contributed by atoms with Gasteiger partial charge in [0.1, 0.15) is 18.0 Å². The van der Waals surface area contributed by atoms with Gasteiger partial charge in [-0.3, -0.25) is 14.5 Å². The number of para-hydroxylation sites is 3. The van der Waals surface area contributed by atoms with E-state index in [0.717, 1.165) is 0 Å². The molecule has 0 fully saturated rings. The van der Waals surface area contributed by atoms with Crippen LogP contribution in [0.25, 0.3) is 0 Å². The number of amides is 2. The van der Waals surface area contributed by atoms with Gasteiger partial charge < -0.3 is 14.8 Å². The highest BCUT2D eigenvalue weighted by molar-refractivity contribution is 6.02. The van der Waals surface area contributed by atoms with Gasteiger partial charge in [-0.2, -0.15) is 0 Å². The van der Waals surface area contributed by atoms with Crippen molar-refractivity contribution in [1.82, 2.24) is 0 Å². The van der Waals surface area contributed by atoms with E-state index in [2.05, 4.69) is 5.32 Å². The van der Waals surface area contributed by atoms with E-state index in [9.17, 15) is 9.59 Å². The SMILES string of the molecule is COc1cccc(NC(=O)CN(C(C)=O)c2ccccc2Oc2ccccc2)c1. The van der Waals surface area contributed by atoms with Crippen LogP contribution < -0.4 is 19.7 Å². The van der Waals surface area contributed by atoms with Crippen LogP contribution in [-0.4, -0.2) is 25.5 Å². The van der Waals surface area contributed by atoms with Crippen molar-refractivity contribution in [3.8, 4) is 17.2 Å². The molecule has 29 heavy (non-hydrogen) atoms. The van der Waals surface area contributed by atoms with Gasteiger partial charge in [0, 0.05) is 18.7 Å². The summed E-state index contributed by atoms with van der Waals surface area (Å²) in [7, 11) is 1.56. The van der Waals surface area contributed by atoms with Crippen molar-refractivity contribution in [3.05, 3.63) is 78.9 Å². The third kappa shape index (κ3) is 5.35. The molecule has 0 aliphatic heterocycles. The first-order chi connectivity index (χ1) is 14.1. The zero-order valence-electron chi connectivity index (χ0n) is 16.3. The van der Waals surface area contributed by atoms with Crippen molar-refractivity contribution in [3.63, 3.8) is 0 Å². The molecule has 0 radical (unpaired) electrons. The summed E-state index contributed by atoms with van der Waals surface area (Å²) < 4.78 is 11.1. The molecule has 6 heteroatoms. The van der Waals surface area contributed by atoms with Crippen molar-refractivity contribution in [1.29, 1.82) is 0 Å². The van der Waals surface area contributed by atoms with Crippen molar-refractivity contribution in [2.45, 2.75) is 6.92 Å². The molecule has 3 aromatic rings. The zero-order chi connectivity index (χ0) is 20.6. The first-order valence-corrected chi connectivity index (χ1v) is 9.11. The van der Waals surface area contributed by atoms with Crippen LogP contribution in [0.2, 0.25) is 0 Å². The average molecular weight is 390 g/mol. The van der Waals surface area contributed by atoms with Crippen LogP contribution in [0.3, 0.4) is 0 Å². The summed E-state index contributed by atoms with van der Waals surface area (Å²) in [5.41, 5.74) is 1.11. The standard InChI is InChI=1S/C23H22N2O4/c1-17(26)25(16-23(27)24-18-9-8-12-20(15-18)28-2)21-13-6-7-14-22(21)29-19-10-4-3-5-11-19/h3-15H,16H2,1-2H3,(H,24,27). The average Bonchev–Trinajstić information content (AvgIpc) is 2.73. The molecule has 2 amide bonds. The lowest BCUT2D eigenvalue weighted by Gasteiger charge is -2.23. The fourth-order valence-electron chi connectivity index (χ4n) is 2.79. The fourth-order valence-corrected chi connectivity index (χ4v) is 2.79. The predicted octanol–water partition coefficient (Wildman–Crippen LogP) is 4.48. The maximum atomic E-state index is 12.6. The molecule has 1 N–H and O–H groups in total. The predicted molar refractivity (Wildman–Crippen MR) is 113 cm³/mol. The molecular formula is C23H22N2O4. The van der Waals surface area contributed by atoms with Crippen molar-refractivity contribution in [2.75, 3.05) is 23.9 Å². The Morgan fingerprint density at radius 3 is 2.31 bits per heavy atom. The van der Waals surface area contributed by atoms with Crippen LogP contribution in [0.1, 0.15) is 6.92 Å². The molecule has 0 aliphatic rings. The summed E-state index contributed by atoms with van der Waals surface area (Å²) >= 11 is 0. The topological polar surface area (TPSA) is 67.9 Å². The maximum Gasteiger partial charge on any atom is 0.244 e. The Balaban J connectivity index is 1.79. The van der Waals surface area contributed by atoms with Gasteiger partial charge in [0.25, 0.3) is 0 Å². The van der Waals surface area contributed by atoms with Gasteiger partial charge in [-0.25, -0.2) is 0 Å². The van der Waals surface area contributed by atoms with Crippen LogP contribution in [0.5, 0.6) is 17.2 Å². The number of hydrogen-bond donors (Lipinski definition) is 1. The Hall–Kier alpha value is -3.80. The van der Waals surface area contributed by atoms with Crippen molar-refractivity contribution >= 4 is 23.2 Å². The number of carbonyl (C=O) groups is 2. The van der Waals surface area contributed by atoms with Gasteiger partial charge in [0.2, 0.25) is 11.8 Å². The Morgan fingerprint density at radius 1 is 0.897 bits per heavy atom. The van der Waals surface area contributed by atoms with E-state index in [0.29, 0.717) is 28.6 Å². The highest BCUT2D eigenvalue weighted by atomic mass is 16.5. The zero-order valence-corrected chi connectivity index (χ0v) is 16.3. The first-order valence-electron chi connectivity index (χ1n) is 9.11. The summed E-state index contributed by atoms with van der Waals surface area (Å²) in [6, 6.07) is 23.4. The van der Waals surface area contributed by atoms with Gasteiger partial charge in [0.15, 0.2) is 5.75 Å². The Morgan fingerprint density at radius 2 is 1.59 bits per heavy atom. The van der Waals surface area contributed by atoms with Crippen molar-refractivity contribution < 1.29 is 19.1 Å². The number of hydrogen-bond acceptors (Lipinski definition) is 4. The van der Waals surface area contributed by atoms with Crippen LogP contribution in [0.4, 0.5) is 11.4 Å². The lowest BCUT2D eigenvalue weighted by atomic mass is 10.2. The van der Waals surface area contributed by atoms with Gasteiger partial charge in [-0.1, -0.05) is 36.4 Å². The second-order valence-electron chi connectivity index (χ2n) is 6.27. The second-order valence-corrected chi connectivity index (χ2v) is 6.27. The number of methoxy groups -OCH3 is 1. The number of benzene rings is 3. The van der Waals surface area contributed by atoms with E-state index in [1.54, 1.807) is 49.6 Å². The number of nitrogens with one attached hydrogen (secondary N) is 1. The van der Waals surface area contributed by atoms with E-state index < -0.39 is 0 Å². The number of carbonyl (C=O) groups excluding carboxylic acids is 2. The smallest absolute Gasteiger partial charge is 0.244 e. The third-order valence-corrected chi connectivity index (χ3v) is 4.16. The molecule has 148 valence electrons. The van der Waals surface area contributed by atoms with Gasteiger partial charge in [-0.15, -0.1) is 0 Å². The molecule has 3 aromatic carbocycles. The molecule has 0 aliphatic carbocycles.